The first kappa shape index (κ1) is 32.7. The van der Waals surface area contributed by atoms with Gasteiger partial charge in [0.2, 0.25) is 11.9 Å². The number of carbonyl (C=O) groups excluding carboxylic acids is 2. The van der Waals surface area contributed by atoms with E-state index in [0.29, 0.717) is 48.2 Å². The summed E-state index contributed by atoms with van der Waals surface area (Å²) in [7, 11) is -0.661. The monoisotopic (exact) mass is 616 g/mol. The third-order valence-corrected chi connectivity index (χ3v) is 9.48. The molecule has 1 atom stereocenters. The van der Waals surface area contributed by atoms with Gasteiger partial charge in [-0.25, -0.2) is 19.7 Å². The molecule has 1 aliphatic rings. The highest BCUT2D eigenvalue weighted by atomic mass is 32.3. The number of rotatable bonds is 12. The van der Waals surface area contributed by atoms with Crippen LogP contribution in [0.2, 0.25) is 0 Å². The van der Waals surface area contributed by atoms with E-state index in [0.717, 1.165) is 37.1 Å². The van der Waals surface area contributed by atoms with E-state index in [1.807, 2.05) is 13.8 Å². The highest BCUT2D eigenvalue weighted by molar-refractivity contribution is 8.32. The number of ether oxygens (including phenoxy) is 1. The third kappa shape index (κ3) is 8.23. The van der Waals surface area contributed by atoms with Crippen LogP contribution in [0.5, 0.6) is 0 Å². The van der Waals surface area contributed by atoms with Crippen LogP contribution in [-0.2, 0) is 22.7 Å². The molecule has 0 unspecified atom stereocenters. The van der Waals surface area contributed by atoms with Crippen LogP contribution in [0.15, 0.2) is 22.9 Å². The molecular formula is C31H45FN6O4S. The van der Waals surface area contributed by atoms with Crippen LogP contribution in [0.3, 0.4) is 0 Å². The Balaban J connectivity index is 1.51. The fraction of sp³-hybridized carbons (Fsp3) is 0.581. The molecular weight excluding hydrogens is 571 g/mol. The molecule has 0 saturated heterocycles. The minimum atomic E-state index is -0.814. The Labute approximate surface area is 254 Å². The summed E-state index contributed by atoms with van der Waals surface area (Å²) in [5.74, 6) is 0.00170. The van der Waals surface area contributed by atoms with Gasteiger partial charge in [0.25, 0.3) is 5.91 Å². The first-order chi connectivity index (χ1) is 20.4. The number of hydrogen-bond acceptors (Lipinski definition) is 7. The molecule has 3 heterocycles. The fourth-order valence-electron chi connectivity index (χ4n) is 5.55. The molecule has 2 amide bonds. The predicted molar refractivity (Wildman–Crippen MR) is 168 cm³/mol. The van der Waals surface area contributed by atoms with Crippen molar-refractivity contribution in [3.05, 3.63) is 47.0 Å². The van der Waals surface area contributed by atoms with Crippen LogP contribution < -0.4 is 10.6 Å². The van der Waals surface area contributed by atoms with Gasteiger partial charge in [-0.05, 0) is 75.8 Å². The van der Waals surface area contributed by atoms with E-state index in [9.17, 15) is 9.59 Å². The summed E-state index contributed by atoms with van der Waals surface area (Å²) >= 11 is 0. The van der Waals surface area contributed by atoms with Gasteiger partial charge >= 0.3 is 0 Å². The van der Waals surface area contributed by atoms with Gasteiger partial charge in [0.05, 0.1) is 18.0 Å². The van der Waals surface area contributed by atoms with Crippen molar-refractivity contribution in [3.8, 4) is 11.1 Å². The highest BCUT2D eigenvalue weighted by Gasteiger charge is 2.34. The maximum Gasteiger partial charge on any atom is 0.257 e. The lowest BCUT2D eigenvalue weighted by Gasteiger charge is -2.32. The molecule has 0 bridgehead atoms. The van der Waals surface area contributed by atoms with Crippen LogP contribution in [0.1, 0.15) is 67.0 Å². The Kier molecular flexibility index (Phi) is 10.7. The van der Waals surface area contributed by atoms with E-state index in [2.05, 4.69) is 51.6 Å². The number of nitrogens with zero attached hydrogens (tertiary/aromatic N) is 4. The lowest BCUT2D eigenvalue weighted by atomic mass is 9.79. The van der Waals surface area contributed by atoms with Gasteiger partial charge in [0, 0.05) is 22.6 Å². The minimum absolute atomic E-state index is 0.0583. The largest absolute Gasteiger partial charge is 0.364 e. The van der Waals surface area contributed by atoms with Crippen LogP contribution in [0.25, 0.3) is 11.1 Å². The molecule has 12 heteroatoms. The maximum atomic E-state index is 15.6. The van der Waals surface area contributed by atoms with Crippen LogP contribution >= 0.6 is 10.0 Å². The van der Waals surface area contributed by atoms with Crippen molar-refractivity contribution < 1.29 is 23.2 Å². The highest BCUT2D eigenvalue weighted by Crippen LogP contribution is 2.34. The van der Waals surface area contributed by atoms with Gasteiger partial charge in [-0.2, -0.15) is 9.49 Å². The smallest absolute Gasteiger partial charge is 0.257 e. The van der Waals surface area contributed by atoms with Crippen molar-refractivity contribution in [3.63, 3.8) is 0 Å². The van der Waals surface area contributed by atoms with Crippen LogP contribution in [0.4, 0.5) is 10.2 Å². The number of aryl methyl sites for hydroxylation is 2. The minimum Gasteiger partial charge on any atom is -0.364 e. The quantitative estimate of drug-likeness (QED) is 0.204. The van der Waals surface area contributed by atoms with Crippen molar-refractivity contribution in [2.75, 3.05) is 36.4 Å². The average Bonchev–Trinajstić information content (AvgIpc) is 3.51. The van der Waals surface area contributed by atoms with E-state index < -0.39 is 33.8 Å². The second kappa shape index (κ2) is 14.0. The summed E-state index contributed by atoms with van der Waals surface area (Å²) in [6.07, 6.45) is 12.2. The van der Waals surface area contributed by atoms with Gasteiger partial charge in [-0.15, -0.1) is 0 Å². The molecule has 43 heavy (non-hydrogen) atoms. The Morgan fingerprint density at radius 1 is 1.16 bits per heavy atom. The molecule has 1 saturated carbocycles. The lowest BCUT2D eigenvalue weighted by Crippen LogP contribution is -2.49. The lowest BCUT2D eigenvalue weighted by molar-refractivity contribution is -0.119. The molecule has 3 aromatic rings. The van der Waals surface area contributed by atoms with Crippen molar-refractivity contribution >= 4 is 27.7 Å². The van der Waals surface area contributed by atoms with Crippen molar-refractivity contribution in [1.29, 1.82) is 0 Å². The van der Waals surface area contributed by atoms with Crippen molar-refractivity contribution in [2.45, 2.75) is 72.6 Å². The number of aromatic nitrogens is 4. The first-order valence-electron chi connectivity index (χ1n) is 14.9. The van der Waals surface area contributed by atoms with E-state index in [1.54, 1.807) is 23.7 Å². The van der Waals surface area contributed by atoms with E-state index in [-0.39, 0.29) is 17.3 Å². The Morgan fingerprint density at radius 3 is 2.49 bits per heavy atom. The van der Waals surface area contributed by atoms with Gasteiger partial charge < -0.3 is 19.9 Å². The number of hydrogen-bond donors (Lipinski definition) is 2. The summed E-state index contributed by atoms with van der Waals surface area (Å²) in [6.45, 7) is 8.63. The third-order valence-electron chi connectivity index (χ3n) is 8.09. The van der Waals surface area contributed by atoms with Gasteiger partial charge in [-0.3, -0.25) is 9.59 Å². The topological polar surface area (TPSA) is 124 Å². The second-order valence-corrected chi connectivity index (χ2v) is 17.0. The standard InChI is InChI=1S/C31H45FN6O4S/c1-8-25-27(21(4)36-38(25)18-41-15-16-43(5,6)7)23-13-14-26(33-29(23)32)34-31(40)28(22-11-9-19(2)10-12-22)35-30(39)24-17-42-37-20(24)3/h13-14,17,19,22,28H,8-12,15-16,18H2,1-7H3,(H,35,39)(H,33,34,40)/t19-,22-,28-/m0/s1. The molecule has 10 nitrogen and oxygen atoms in total. The van der Waals surface area contributed by atoms with E-state index >= 15 is 4.39 Å². The number of nitrogens with one attached hydrogen (secondary N) is 2. The molecule has 0 spiro atoms. The average molecular weight is 617 g/mol. The molecule has 0 aromatic carbocycles. The zero-order valence-electron chi connectivity index (χ0n) is 26.3. The Morgan fingerprint density at radius 2 is 1.88 bits per heavy atom. The Bertz CT molecular complexity index is 1420. The summed E-state index contributed by atoms with van der Waals surface area (Å²) < 4.78 is 28.1. The van der Waals surface area contributed by atoms with E-state index in [1.165, 1.54) is 6.26 Å². The number of halogens is 1. The molecule has 0 aliphatic heterocycles. The molecule has 1 fully saturated rings. The number of pyridine rings is 1. The van der Waals surface area contributed by atoms with E-state index in [4.69, 9.17) is 9.26 Å². The molecule has 0 radical (unpaired) electrons. The van der Waals surface area contributed by atoms with Gasteiger partial charge in [0.1, 0.15) is 30.4 Å². The zero-order chi connectivity index (χ0) is 31.3. The summed E-state index contributed by atoms with van der Waals surface area (Å²) in [5, 5.41) is 14.0. The molecule has 3 aromatic heterocycles. The van der Waals surface area contributed by atoms with Crippen molar-refractivity contribution in [2.24, 2.45) is 11.8 Å². The molecule has 1 aliphatic carbocycles. The van der Waals surface area contributed by atoms with Crippen molar-refractivity contribution in [1.82, 2.24) is 25.2 Å². The SMILES string of the molecule is CCc1c(-c2ccc(NC(=O)[C@@H](NC(=O)c3conc3C)[C@H]3CC[C@H](C)CC3)nc2F)c(C)nn1COCCS(C)(C)C. The number of carbonyl (C=O) groups is 2. The van der Waals surface area contributed by atoms with Crippen LogP contribution in [-0.4, -0.2) is 68.9 Å². The normalized spacial score (nSPS) is 18.3. The molecule has 4 rings (SSSR count). The van der Waals surface area contributed by atoms with Crippen LogP contribution in [0, 0.1) is 31.6 Å². The Hall–Kier alpha value is -3.25. The first-order valence-corrected chi connectivity index (χ1v) is 17.9. The zero-order valence-corrected chi connectivity index (χ0v) is 27.1. The fourth-order valence-corrected chi connectivity index (χ4v) is 6.16. The van der Waals surface area contributed by atoms with Gasteiger partial charge in [0.15, 0.2) is 0 Å². The maximum absolute atomic E-state index is 15.6. The molecule has 2 N–H and O–H groups in total. The number of amides is 2. The molecule has 236 valence electrons. The summed E-state index contributed by atoms with van der Waals surface area (Å²) in [4.78, 5) is 30.6. The second-order valence-electron chi connectivity index (χ2n) is 12.4. The van der Waals surface area contributed by atoms with Gasteiger partial charge in [-0.1, -0.05) is 31.8 Å². The predicted octanol–water partition coefficient (Wildman–Crippen LogP) is 5.48. The summed E-state index contributed by atoms with van der Waals surface area (Å²) in [5.41, 5.74) is 3.25. The number of anilines is 1. The summed E-state index contributed by atoms with van der Waals surface area (Å²) in [6, 6.07) is 2.39.